The van der Waals surface area contributed by atoms with Crippen molar-refractivity contribution in [1.82, 2.24) is 9.55 Å². The normalized spacial score (nSPS) is 14.9. The number of hydrogen-bond acceptors (Lipinski definition) is 5. The molecule has 32 heavy (non-hydrogen) atoms. The molecule has 2 heterocycles. The van der Waals surface area contributed by atoms with E-state index >= 15 is 0 Å². The topological polar surface area (TPSA) is 64.0 Å². The van der Waals surface area contributed by atoms with Crippen molar-refractivity contribution >= 4 is 44.9 Å². The minimum absolute atomic E-state index is 0.0236. The number of nitrogens with one attached hydrogen (secondary N) is 1. The van der Waals surface area contributed by atoms with E-state index in [4.69, 9.17) is 0 Å². The third kappa shape index (κ3) is 4.43. The Balaban J connectivity index is 1.61. The summed E-state index contributed by atoms with van der Waals surface area (Å²) in [4.78, 5) is 32.2. The fraction of sp³-hybridized carbons (Fsp3) is 0.409. The number of rotatable bonds is 5. The second-order valence-corrected chi connectivity index (χ2v) is 10.00. The molecule has 1 aliphatic carbocycles. The third-order valence-corrected chi connectivity index (χ3v) is 7.79. The summed E-state index contributed by atoms with van der Waals surface area (Å²) < 4.78 is 41.3. The molecule has 1 amide bonds. The van der Waals surface area contributed by atoms with E-state index in [1.165, 1.54) is 29.5 Å². The van der Waals surface area contributed by atoms with Gasteiger partial charge in [-0.15, -0.1) is 11.3 Å². The van der Waals surface area contributed by atoms with E-state index in [1.807, 2.05) is 13.8 Å². The lowest BCUT2D eigenvalue weighted by molar-refractivity contribution is -0.137. The smallest absolute Gasteiger partial charge is 0.325 e. The first-order valence-corrected chi connectivity index (χ1v) is 12.1. The van der Waals surface area contributed by atoms with Crippen molar-refractivity contribution in [1.29, 1.82) is 0 Å². The Labute approximate surface area is 191 Å². The van der Waals surface area contributed by atoms with Crippen LogP contribution in [0.1, 0.15) is 47.7 Å². The highest BCUT2D eigenvalue weighted by Gasteiger charge is 2.33. The fourth-order valence-corrected chi connectivity index (χ4v) is 5.97. The Morgan fingerprint density at radius 2 is 1.94 bits per heavy atom. The minimum Gasteiger partial charge on any atom is -0.325 e. The number of aromatic nitrogens is 2. The van der Waals surface area contributed by atoms with E-state index < -0.39 is 17.6 Å². The molecule has 0 spiro atoms. The number of thiophene rings is 1. The van der Waals surface area contributed by atoms with Crippen LogP contribution in [0, 0.1) is 13.8 Å². The Bertz CT molecular complexity index is 1230. The maximum Gasteiger partial charge on any atom is 0.418 e. The van der Waals surface area contributed by atoms with Gasteiger partial charge in [-0.1, -0.05) is 36.7 Å². The monoisotopic (exact) mass is 481 g/mol. The predicted octanol–water partition coefficient (Wildman–Crippen LogP) is 5.94. The highest BCUT2D eigenvalue weighted by atomic mass is 32.2. The molecule has 5 nitrogen and oxygen atoms in total. The van der Waals surface area contributed by atoms with Crippen LogP contribution >= 0.6 is 23.1 Å². The molecule has 0 bridgehead atoms. The van der Waals surface area contributed by atoms with Crippen LogP contribution < -0.4 is 10.9 Å². The van der Waals surface area contributed by atoms with Crippen LogP contribution in [-0.2, 0) is 11.0 Å². The summed E-state index contributed by atoms with van der Waals surface area (Å²) in [5, 5.41) is 3.41. The molecule has 0 atom stereocenters. The maximum absolute atomic E-state index is 13.4. The van der Waals surface area contributed by atoms with Crippen LogP contribution in [0.15, 0.2) is 34.2 Å². The molecule has 1 N–H and O–H groups in total. The first-order valence-electron chi connectivity index (χ1n) is 10.3. The molecule has 0 unspecified atom stereocenters. The summed E-state index contributed by atoms with van der Waals surface area (Å²) in [5.74, 6) is -0.738. The van der Waals surface area contributed by atoms with Gasteiger partial charge >= 0.3 is 6.18 Å². The van der Waals surface area contributed by atoms with Crippen LogP contribution in [0.25, 0.3) is 10.2 Å². The lowest BCUT2D eigenvalue weighted by Gasteiger charge is -2.18. The van der Waals surface area contributed by atoms with E-state index in [1.54, 1.807) is 4.57 Å². The summed E-state index contributed by atoms with van der Waals surface area (Å²) in [6.07, 6.45) is -0.783. The number of thioether (sulfide) groups is 1. The first-order chi connectivity index (χ1) is 15.2. The number of fused-ring (bicyclic) bond motifs is 1. The zero-order valence-electron chi connectivity index (χ0n) is 17.6. The second kappa shape index (κ2) is 8.90. The van der Waals surface area contributed by atoms with Crippen molar-refractivity contribution in [3.8, 4) is 0 Å². The number of para-hydroxylation sites is 1. The van der Waals surface area contributed by atoms with Crippen molar-refractivity contribution in [3.05, 3.63) is 50.6 Å². The fourth-order valence-electron chi connectivity index (χ4n) is 4.03. The molecule has 3 aromatic rings. The predicted molar refractivity (Wildman–Crippen MR) is 122 cm³/mol. The van der Waals surface area contributed by atoms with Gasteiger partial charge in [0.05, 0.1) is 22.4 Å². The summed E-state index contributed by atoms with van der Waals surface area (Å²) in [6, 6.07) is 4.89. The molecule has 170 valence electrons. The van der Waals surface area contributed by atoms with Crippen LogP contribution in [0.4, 0.5) is 18.9 Å². The van der Waals surface area contributed by atoms with Crippen LogP contribution in [0.2, 0.25) is 0 Å². The number of carbonyl (C=O) groups is 1. The average molecular weight is 482 g/mol. The van der Waals surface area contributed by atoms with Gasteiger partial charge in [0.2, 0.25) is 5.91 Å². The largest absolute Gasteiger partial charge is 0.418 e. The quantitative estimate of drug-likeness (QED) is 0.362. The Morgan fingerprint density at radius 1 is 1.25 bits per heavy atom. The molecule has 1 aromatic carbocycles. The number of halogens is 3. The van der Waals surface area contributed by atoms with E-state index in [0.717, 1.165) is 54.0 Å². The SMILES string of the molecule is Cc1sc2nc(SCC(=O)Nc3ccccc3C(F)(F)F)n(C3CCCC3)c(=O)c2c1C. The Kier molecular flexibility index (Phi) is 6.35. The van der Waals surface area contributed by atoms with Gasteiger partial charge in [0, 0.05) is 10.9 Å². The third-order valence-electron chi connectivity index (χ3n) is 5.73. The number of nitrogens with zero attached hydrogens (tertiary/aromatic N) is 2. The lowest BCUT2D eigenvalue weighted by Crippen LogP contribution is -2.27. The molecular formula is C22H22F3N3O2S2. The average Bonchev–Trinajstić information content (AvgIpc) is 3.34. The summed E-state index contributed by atoms with van der Waals surface area (Å²) in [7, 11) is 0. The number of alkyl halides is 3. The van der Waals surface area contributed by atoms with Gasteiger partial charge in [-0.3, -0.25) is 14.2 Å². The van der Waals surface area contributed by atoms with Gasteiger partial charge < -0.3 is 5.32 Å². The van der Waals surface area contributed by atoms with Crippen molar-refractivity contribution in [2.45, 2.75) is 56.9 Å². The standard InChI is InChI=1S/C22H22F3N3O2S2/c1-12-13(2)32-19-18(12)20(30)28(14-7-3-4-8-14)21(27-19)31-11-17(29)26-16-10-6-5-9-15(16)22(23,24)25/h5-6,9-10,14H,3-4,7-8,11H2,1-2H3,(H,26,29). The summed E-state index contributed by atoms with van der Waals surface area (Å²) in [5.41, 5.74) is -0.363. The van der Waals surface area contributed by atoms with Crippen LogP contribution in [0.5, 0.6) is 0 Å². The number of benzene rings is 1. The van der Waals surface area contributed by atoms with E-state index in [2.05, 4.69) is 10.3 Å². The molecule has 1 fully saturated rings. The van der Waals surface area contributed by atoms with Crippen LogP contribution in [-0.4, -0.2) is 21.2 Å². The molecule has 4 rings (SSSR count). The molecule has 2 aromatic heterocycles. The summed E-state index contributed by atoms with van der Waals surface area (Å²) >= 11 is 2.52. The number of carbonyl (C=O) groups excluding carboxylic acids is 1. The van der Waals surface area contributed by atoms with Gasteiger partial charge in [0.15, 0.2) is 5.16 Å². The number of anilines is 1. The minimum atomic E-state index is -4.57. The molecule has 0 aliphatic heterocycles. The highest BCUT2D eigenvalue weighted by Crippen LogP contribution is 2.36. The van der Waals surface area contributed by atoms with E-state index in [0.29, 0.717) is 15.4 Å². The zero-order valence-corrected chi connectivity index (χ0v) is 19.2. The molecule has 0 radical (unpaired) electrons. The molecule has 10 heteroatoms. The lowest BCUT2D eigenvalue weighted by atomic mass is 10.1. The van der Waals surface area contributed by atoms with Crippen molar-refractivity contribution in [3.63, 3.8) is 0 Å². The molecule has 0 saturated heterocycles. The van der Waals surface area contributed by atoms with Gasteiger partial charge in [-0.2, -0.15) is 13.2 Å². The van der Waals surface area contributed by atoms with Crippen molar-refractivity contribution < 1.29 is 18.0 Å². The number of aryl methyl sites for hydroxylation is 2. The van der Waals surface area contributed by atoms with Gasteiger partial charge in [-0.25, -0.2) is 4.98 Å². The number of hydrogen-bond donors (Lipinski definition) is 1. The van der Waals surface area contributed by atoms with Crippen molar-refractivity contribution in [2.24, 2.45) is 0 Å². The zero-order chi connectivity index (χ0) is 23.0. The molecular weight excluding hydrogens is 459 g/mol. The molecule has 1 aliphatic rings. The Morgan fingerprint density at radius 3 is 2.62 bits per heavy atom. The molecule has 1 saturated carbocycles. The second-order valence-electron chi connectivity index (χ2n) is 7.85. The van der Waals surface area contributed by atoms with Gasteiger partial charge in [-0.05, 0) is 44.4 Å². The number of amides is 1. The van der Waals surface area contributed by atoms with Crippen molar-refractivity contribution in [2.75, 3.05) is 11.1 Å². The van der Waals surface area contributed by atoms with E-state index in [9.17, 15) is 22.8 Å². The first kappa shape index (κ1) is 22.8. The Hall–Kier alpha value is -2.33. The van der Waals surface area contributed by atoms with E-state index in [-0.39, 0.29) is 23.0 Å². The van der Waals surface area contributed by atoms with Gasteiger partial charge in [0.25, 0.3) is 5.56 Å². The summed E-state index contributed by atoms with van der Waals surface area (Å²) in [6.45, 7) is 3.86. The van der Waals surface area contributed by atoms with Crippen LogP contribution in [0.3, 0.4) is 0 Å². The van der Waals surface area contributed by atoms with Gasteiger partial charge in [0.1, 0.15) is 4.83 Å². The maximum atomic E-state index is 13.4. The highest BCUT2D eigenvalue weighted by molar-refractivity contribution is 7.99.